The molecule has 1 fully saturated rings. The second-order valence-corrected chi connectivity index (χ2v) is 7.35. The highest BCUT2D eigenvalue weighted by Crippen LogP contribution is 2.28. The zero-order valence-electron chi connectivity index (χ0n) is 15.8. The van der Waals surface area contributed by atoms with Gasteiger partial charge in [-0.05, 0) is 42.5 Å². The van der Waals surface area contributed by atoms with Crippen LogP contribution in [0.2, 0.25) is 0 Å². The van der Waals surface area contributed by atoms with Gasteiger partial charge in [-0.25, -0.2) is 9.97 Å². The fraction of sp³-hybridized carbons (Fsp3) is 0.381. The number of nitrogens with one attached hydrogen (secondary N) is 2. The first-order valence-corrected chi connectivity index (χ1v) is 9.71. The molecule has 3 aromatic rings. The second-order valence-electron chi connectivity index (χ2n) is 7.35. The SMILES string of the molecule is O=C(CNc1cccc(CO)c1)C[C@@H]1CCCN(c2ncnc3[nH]ccc23)C1. The van der Waals surface area contributed by atoms with Gasteiger partial charge >= 0.3 is 0 Å². The van der Waals surface area contributed by atoms with Gasteiger partial charge in [0.05, 0.1) is 18.5 Å². The monoisotopic (exact) mass is 379 g/mol. The van der Waals surface area contributed by atoms with Gasteiger partial charge < -0.3 is 20.3 Å². The lowest BCUT2D eigenvalue weighted by Crippen LogP contribution is -2.37. The number of ketones is 1. The smallest absolute Gasteiger partial charge is 0.152 e. The second kappa shape index (κ2) is 8.39. The number of rotatable bonds is 7. The van der Waals surface area contributed by atoms with Crippen molar-refractivity contribution in [1.82, 2.24) is 15.0 Å². The van der Waals surface area contributed by atoms with Gasteiger partial charge in [0.1, 0.15) is 17.8 Å². The fourth-order valence-corrected chi connectivity index (χ4v) is 3.91. The van der Waals surface area contributed by atoms with Crippen LogP contribution in [-0.2, 0) is 11.4 Å². The first kappa shape index (κ1) is 18.4. The Labute approximate surface area is 163 Å². The van der Waals surface area contributed by atoms with Crippen LogP contribution in [0.5, 0.6) is 0 Å². The molecule has 0 bridgehead atoms. The van der Waals surface area contributed by atoms with E-state index in [0.29, 0.717) is 18.9 Å². The predicted octanol–water partition coefficient (Wildman–Crippen LogP) is 2.74. The first-order valence-electron chi connectivity index (χ1n) is 9.71. The molecule has 0 aliphatic carbocycles. The van der Waals surface area contributed by atoms with Crippen LogP contribution in [0.1, 0.15) is 24.8 Å². The number of aliphatic hydroxyl groups excluding tert-OH is 1. The maximum absolute atomic E-state index is 12.5. The lowest BCUT2D eigenvalue weighted by atomic mass is 9.92. The molecule has 0 spiro atoms. The summed E-state index contributed by atoms with van der Waals surface area (Å²) in [4.78, 5) is 26.6. The number of anilines is 2. The molecule has 3 heterocycles. The maximum atomic E-state index is 12.5. The van der Waals surface area contributed by atoms with E-state index in [9.17, 15) is 9.90 Å². The van der Waals surface area contributed by atoms with Crippen LogP contribution in [0.15, 0.2) is 42.9 Å². The number of hydrogen-bond acceptors (Lipinski definition) is 6. The molecule has 7 nitrogen and oxygen atoms in total. The standard InChI is InChI=1S/C21H25N5O2/c27-13-16-3-1-5-17(9-16)23-11-18(28)10-15-4-2-8-26(12-15)21-19-6-7-22-20(19)24-14-25-21/h1,3,5-7,9,14-15,23,27H,2,4,8,10-13H2,(H,22,24,25)/t15-/m0/s1. The van der Waals surface area contributed by atoms with Crippen molar-refractivity contribution in [2.75, 3.05) is 29.9 Å². The van der Waals surface area contributed by atoms with Crippen LogP contribution in [0.3, 0.4) is 0 Å². The number of benzene rings is 1. The summed E-state index contributed by atoms with van der Waals surface area (Å²) in [5, 5.41) is 13.4. The molecule has 7 heteroatoms. The molecule has 1 aliphatic rings. The van der Waals surface area contributed by atoms with Gasteiger partial charge in [-0.3, -0.25) is 4.79 Å². The molecule has 0 unspecified atom stereocenters. The van der Waals surface area contributed by atoms with Crippen LogP contribution in [0, 0.1) is 5.92 Å². The summed E-state index contributed by atoms with van der Waals surface area (Å²) >= 11 is 0. The molecule has 1 aromatic carbocycles. The summed E-state index contributed by atoms with van der Waals surface area (Å²) in [5.41, 5.74) is 2.54. The average molecular weight is 379 g/mol. The number of aromatic nitrogens is 3. The quantitative estimate of drug-likeness (QED) is 0.584. The van der Waals surface area contributed by atoms with Crippen molar-refractivity contribution < 1.29 is 9.90 Å². The van der Waals surface area contributed by atoms with E-state index in [1.54, 1.807) is 6.33 Å². The minimum Gasteiger partial charge on any atom is -0.392 e. The summed E-state index contributed by atoms with van der Waals surface area (Å²) in [5.74, 6) is 1.48. The van der Waals surface area contributed by atoms with E-state index in [1.165, 1.54) is 0 Å². The van der Waals surface area contributed by atoms with Gasteiger partial charge in [-0.1, -0.05) is 12.1 Å². The Morgan fingerprint density at radius 1 is 1.32 bits per heavy atom. The molecule has 4 rings (SSSR count). The Morgan fingerprint density at radius 3 is 3.14 bits per heavy atom. The Morgan fingerprint density at radius 2 is 2.25 bits per heavy atom. The molecule has 0 amide bonds. The number of nitrogens with zero attached hydrogens (tertiary/aromatic N) is 3. The highest BCUT2D eigenvalue weighted by atomic mass is 16.3. The molecule has 1 aliphatic heterocycles. The van der Waals surface area contributed by atoms with Crippen molar-refractivity contribution >= 4 is 28.3 Å². The maximum Gasteiger partial charge on any atom is 0.152 e. The zero-order chi connectivity index (χ0) is 19.3. The fourth-order valence-electron chi connectivity index (χ4n) is 3.91. The Hall–Kier alpha value is -2.93. The van der Waals surface area contributed by atoms with Crippen molar-refractivity contribution in [3.63, 3.8) is 0 Å². The van der Waals surface area contributed by atoms with Crippen molar-refractivity contribution in [3.8, 4) is 0 Å². The number of piperidine rings is 1. The molecular formula is C21H25N5O2. The number of fused-ring (bicyclic) bond motifs is 1. The Bertz CT molecular complexity index is 955. The molecule has 0 radical (unpaired) electrons. The van der Waals surface area contributed by atoms with Crippen LogP contribution in [0.25, 0.3) is 11.0 Å². The summed E-state index contributed by atoms with van der Waals surface area (Å²) in [7, 11) is 0. The van der Waals surface area contributed by atoms with Gasteiger partial charge in [-0.15, -0.1) is 0 Å². The molecule has 2 aromatic heterocycles. The minimum atomic E-state index is -0.00116. The third kappa shape index (κ3) is 4.14. The van der Waals surface area contributed by atoms with E-state index < -0.39 is 0 Å². The molecular weight excluding hydrogens is 354 g/mol. The first-order chi connectivity index (χ1) is 13.7. The van der Waals surface area contributed by atoms with Gasteiger partial charge in [0.15, 0.2) is 5.78 Å². The molecule has 146 valence electrons. The molecule has 1 atom stereocenters. The van der Waals surface area contributed by atoms with Crippen LogP contribution in [-0.4, -0.2) is 45.5 Å². The van der Waals surface area contributed by atoms with Crippen molar-refractivity contribution in [2.24, 2.45) is 5.92 Å². The zero-order valence-corrected chi connectivity index (χ0v) is 15.8. The number of Topliss-reactive ketones (excluding diaryl/α,β-unsaturated/α-hetero) is 1. The Balaban J connectivity index is 1.34. The minimum absolute atomic E-state index is 0.00116. The number of aromatic amines is 1. The van der Waals surface area contributed by atoms with Crippen LogP contribution < -0.4 is 10.2 Å². The normalized spacial score (nSPS) is 17.0. The van der Waals surface area contributed by atoms with E-state index in [2.05, 4.69) is 25.2 Å². The van der Waals surface area contributed by atoms with Crippen molar-refractivity contribution in [2.45, 2.75) is 25.9 Å². The summed E-state index contributed by atoms with van der Waals surface area (Å²) in [6.45, 7) is 2.09. The summed E-state index contributed by atoms with van der Waals surface area (Å²) in [6.07, 6.45) is 6.15. The number of H-pyrrole nitrogens is 1. The average Bonchev–Trinajstić information content (AvgIpc) is 3.21. The molecule has 1 saturated heterocycles. The van der Waals surface area contributed by atoms with E-state index >= 15 is 0 Å². The van der Waals surface area contributed by atoms with E-state index in [4.69, 9.17) is 0 Å². The molecule has 28 heavy (non-hydrogen) atoms. The molecule has 3 N–H and O–H groups in total. The van der Waals surface area contributed by atoms with Crippen LogP contribution in [0.4, 0.5) is 11.5 Å². The lowest BCUT2D eigenvalue weighted by Gasteiger charge is -2.33. The number of hydrogen-bond donors (Lipinski definition) is 3. The third-order valence-electron chi connectivity index (χ3n) is 5.27. The van der Waals surface area contributed by atoms with Crippen molar-refractivity contribution in [1.29, 1.82) is 0 Å². The lowest BCUT2D eigenvalue weighted by molar-refractivity contribution is -0.118. The summed E-state index contributed by atoms with van der Waals surface area (Å²) in [6, 6.07) is 9.52. The van der Waals surface area contributed by atoms with Gasteiger partial charge in [0, 0.05) is 31.4 Å². The highest BCUT2D eigenvalue weighted by molar-refractivity contribution is 5.87. The van der Waals surface area contributed by atoms with E-state index in [-0.39, 0.29) is 12.4 Å². The summed E-state index contributed by atoms with van der Waals surface area (Å²) < 4.78 is 0. The molecule has 0 saturated carbocycles. The van der Waals surface area contributed by atoms with Crippen LogP contribution >= 0.6 is 0 Å². The number of aliphatic hydroxyl groups is 1. The van der Waals surface area contributed by atoms with Gasteiger partial charge in [-0.2, -0.15) is 0 Å². The highest BCUT2D eigenvalue weighted by Gasteiger charge is 2.24. The number of carbonyl (C=O) groups excluding carboxylic acids is 1. The third-order valence-corrected chi connectivity index (χ3v) is 5.27. The van der Waals surface area contributed by atoms with E-state index in [1.807, 2.05) is 36.5 Å². The Kier molecular flexibility index (Phi) is 5.53. The number of carbonyl (C=O) groups is 1. The van der Waals surface area contributed by atoms with Crippen molar-refractivity contribution in [3.05, 3.63) is 48.4 Å². The van der Waals surface area contributed by atoms with Gasteiger partial charge in [0.25, 0.3) is 0 Å². The topological polar surface area (TPSA) is 94.1 Å². The largest absolute Gasteiger partial charge is 0.392 e. The van der Waals surface area contributed by atoms with Gasteiger partial charge in [0.2, 0.25) is 0 Å². The predicted molar refractivity (Wildman–Crippen MR) is 109 cm³/mol. The van der Waals surface area contributed by atoms with E-state index in [0.717, 1.165) is 54.0 Å².